The summed E-state index contributed by atoms with van der Waals surface area (Å²) in [5.74, 6) is -0.236. The predicted octanol–water partition coefficient (Wildman–Crippen LogP) is 6.04. The highest BCUT2D eigenvalue weighted by atomic mass is 19.1. The second kappa shape index (κ2) is 10.6. The fourth-order valence-corrected chi connectivity index (χ4v) is 5.08. The van der Waals surface area contributed by atoms with E-state index in [-0.39, 0.29) is 23.6 Å². The minimum atomic E-state index is -0.419. The maximum atomic E-state index is 13.7. The Labute approximate surface area is 209 Å². The van der Waals surface area contributed by atoms with Crippen LogP contribution in [0.5, 0.6) is 5.75 Å². The smallest absolute Gasteiger partial charge is 0.125 e. The Bertz CT molecular complexity index is 1120. The van der Waals surface area contributed by atoms with Crippen LogP contribution in [0, 0.1) is 17.5 Å². The molecular formula is C29H30F3NO3. The van der Waals surface area contributed by atoms with Gasteiger partial charge in [-0.3, -0.25) is 0 Å². The van der Waals surface area contributed by atoms with Gasteiger partial charge < -0.3 is 19.1 Å². The van der Waals surface area contributed by atoms with Gasteiger partial charge in [-0.15, -0.1) is 0 Å². The van der Waals surface area contributed by atoms with E-state index in [9.17, 15) is 13.2 Å². The first-order valence-corrected chi connectivity index (χ1v) is 12.4. The third kappa shape index (κ3) is 5.43. The molecule has 1 saturated heterocycles. The molecule has 4 nitrogen and oxygen atoms in total. The van der Waals surface area contributed by atoms with Gasteiger partial charge in [0.2, 0.25) is 0 Å². The van der Waals surface area contributed by atoms with Crippen LogP contribution >= 0.6 is 0 Å². The van der Waals surface area contributed by atoms with Gasteiger partial charge in [-0.2, -0.15) is 0 Å². The highest BCUT2D eigenvalue weighted by Crippen LogP contribution is 2.38. The van der Waals surface area contributed by atoms with Crippen molar-refractivity contribution in [2.24, 2.45) is 0 Å². The maximum absolute atomic E-state index is 13.7. The molecule has 0 amide bonds. The van der Waals surface area contributed by atoms with Crippen molar-refractivity contribution in [3.05, 3.63) is 101 Å². The average Bonchev–Trinajstić information content (AvgIpc) is 3.01. The molecule has 1 unspecified atom stereocenters. The molecule has 190 valence electrons. The summed E-state index contributed by atoms with van der Waals surface area (Å²) in [7, 11) is 0. The largest absolute Gasteiger partial charge is 0.487 e. The van der Waals surface area contributed by atoms with E-state index < -0.39 is 11.7 Å². The van der Waals surface area contributed by atoms with Crippen LogP contribution in [0.3, 0.4) is 0 Å². The Morgan fingerprint density at radius 2 is 1.47 bits per heavy atom. The van der Waals surface area contributed by atoms with Crippen molar-refractivity contribution in [3.63, 3.8) is 0 Å². The summed E-state index contributed by atoms with van der Waals surface area (Å²) in [6.07, 6.45) is 1.03. The molecule has 5 rings (SSSR count). The summed E-state index contributed by atoms with van der Waals surface area (Å²) < 4.78 is 59.4. The number of piperidine rings is 1. The number of hydrogen-bond acceptors (Lipinski definition) is 4. The van der Waals surface area contributed by atoms with Gasteiger partial charge in [0.05, 0.1) is 13.2 Å². The van der Waals surface area contributed by atoms with Crippen molar-refractivity contribution in [3.8, 4) is 5.75 Å². The molecule has 0 N–H and O–H groups in total. The Morgan fingerprint density at radius 1 is 0.889 bits per heavy atom. The first kappa shape index (κ1) is 24.8. The minimum absolute atomic E-state index is 0.149. The van der Waals surface area contributed by atoms with E-state index in [2.05, 4.69) is 4.90 Å². The third-order valence-corrected chi connectivity index (χ3v) is 7.32. The van der Waals surface area contributed by atoms with Gasteiger partial charge >= 0.3 is 0 Å². The van der Waals surface area contributed by atoms with Gasteiger partial charge in [0, 0.05) is 25.2 Å². The molecule has 0 radical (unpaired) electrons. The van der Waals surface area contributed by atoms with Crippen LogP contribution in [0.15, 0.2) is 66.7 Å². The monoisotopic (exact) mass is 497 g/mol. The molecular weight excluding hydrogens is 467 g/mol. The highest BCUT2D eigenvalue weighted by molar-refractivity contribution is 5.35. The van der Waals surface area contributed by atoms with E-state index in [0.29, 0.717) is 19.0 Å². The van der Waals surface area contributed by atoms with Gasteiger partial charge in [-0.1, -0.05) is 24.3 Å². The molecule has 0 bridgehead atoms. The molecule has 0 aromatic heterocycles. The van der Waals surface area contributed by atoms with Crippen LogP contribution in [-0.4, -0.2) is 42.8 Å². The molecule has 3 aromatic rings. The first-order valence-electron chi connectivity index (χ1n) is 12.4. The number of rotatable bonds is 6. The summed E-state index contributed by atoms with van der Waals surface area (Å²) in [6, 6.07) is 17.0. The Morgan fingerprint density at radius 3 is 2.08 bits per heavy atom. The van der Waals surface area contributed by atoms with Gasteiger partial charge in [0.25, 0.3) is 0 Å². The lowest BCUT2D eigenvalue weighted by Gasteiger charge is -2.43. The van der Waals surface area contributed by atoms with Crippen molar-refractivity contribution in [2.45, 2.75) is 44.2 Å². The van der Waals surface area contributed by atoms with Crippen molar-refractivity contribution < 1.29 is 27.4 Å². The van der Waals surface area contributed by atoms with Gasteiger partial charge in [0.1, 0.15) is 41.0 Å². The zero-order chi connectivity index (χ0) is 25.1. The Kier molecular flexibility index (Phi) is 7.32. The molecule has 3 aromatic carbocycles. The molecule has 1 spiro atoms. The molecule has 2 aliphatic rings. The fourth-order valence-electron chi connectivity index (χ4n) is 5.08. The van der Waals surface area contributed by atoms with Crippen LogP contribution in [0.1, 0.15) is 42.6 Å². The van der Waals surface area contributed by atoms with E-state index in [0.717, 1.165) is 49.2 Å². The van der Waals surface area contributed by atoms with Crippen LogP contribution in [0.25, 0.3) is 0 Å². The number of likely N-dealkylation sites (tertiary alicyclic amines) is 1. The predicted molar refractivity (Wildman–Crippen MR) is 130 cm³/mol. The average molecular weight is 498 g/mol. The highest BCUT2D eigenvalue weighted by Gasteiger charge is 2.43. The lowest BCUT2D eigenvalue weighted by molar-refractivity contribution is -0.137. The normalized spacial score (nSPS) is 19.6. The fraction of sp³-hybridized carbons (Fsp3) is 0.379. The topological polar surface area (TPSA) is 30.9 Å². The van der Waals surface area contributed by atoms with E-state index in [1.54, 1.807) is 30.3 Å². The summed E-state index contributed by atoms with van der Waals surface area (Å²) in [6.45, 7) is 5.17. The standard InChI is InChI=1S/C29H30F3NO3/c1-20-29(35-19-23-18-26(32)10-11-27(23)36-20)12-14-33(15-13-29)16-17-34-28(21-2-6-24(30)7-3-21)22-4-8-25(31)9-5-22/h2-11,18,20,28H,12-17,19H2,1H3. The minimum Gasteiger partial charge on any atom is -0.487 e. The van der Waals surface area contributed by atoms with Crippen LogP contribution < -0.4 is 4.74 Å². The zero-order valence-corrected chi connectivity index (χ0v) is 20.3. The van der Waals surface area contributed by atoms with Gasteiger partial charge in [-0.25, -0.2) is 13.2 Å². The van der Waals surface area contributed by atoms with Crippen molar-refractivity contribution >= 4 is 0 Å². The second-order valence-electron chi connectivity index (χ2n) is 9.56. The molecule has 1 atom stereocenters. The second-order valence-corrected chi connectivity index (χ2v) is 9.56. The maximum Gasteiger partial charge on any atom is 0.125 e. The number of benzene rings is 3. The SMILES string of the molecule is CC1Oc2ccc(F)cc2COC12CCN(CCOC(c1ccc(F)cc1)c1ccc(F)cc1)CC2. The number of halogens is 3. The lowest BCUT2D eigenvalue weighted by Crippen LogP contribution is -2.53. The summed E-state index contributed by atoms with van der Waals surface area (Å²) in [4.78, 5) is 2.32. The van der Waals surface area contributed by atoms with Crippen molar-refractivity contribution in [1.82, 2.24) is 4.90 Å². The van der Waals surface area contributed by atoms with E-state index >= 15 is 0 Å². The van der Waals surface area contributed by atoms with E-state index in [4.69, 9.17) is 14.2 Å². The number of ether oxygens (including phenoxy) is 3. The third-order valence-electron chi connectivity index (χ3n) is 7.32. The molecule has 2 heterocycles. The quantitative estimate of drug-likeness (QED) is 0.415. The molecule has 0 aliphatic carbocycles. The van der Waals surface area contributed by atoms with Gasteiger partial charge in [0.15, 0.2) is 0 Å². The van der Waals surface area contributed by atoms with Crippen LogP contribution in [0.4, 0.5) is 13.2 Å². The van der Waals surface area contributed by atoms with Crippen molar-refractivity contribution in [1.29, 1.82) is 0 Å². The molecule has 36 heavy (non-hydrogen) atoms. The van der Waals surface area contributed by atoms with Crippen molar-refractivity contribution in [2.75, 3.05) is 26.2 Å². The molecule has 1 fully saturated rings. The number of nitrogens with zero attached hydrogens (tertiary/aromatic N) is 1. The molecule has 0 saturated carbocycles. The van der Waals surface area contributed by atoms with Crippen LogP contribution in [0.2, 0.25) is 0 Å². The molecule has 7 heteroatoms. The summed E-state index contributed by atoms with van der Waals surface area (Å²) in [5, 5.41) is 0. The Balaban J connectivity index is 1.19. The zero-order valence-electron chi connectivity index (χ0n) is 20.3. The number of hydrogen-bond donors (Lipinski definition) is 0. The summed E-state index contributed by atoms with van der Waals surface area (Å²) in [5.41, 5.74) is 1.95. The van der Waals surface area contributed by atoms with Crippen LogP contribution in [-0.2, 0) is 16.1 Å². The summed E-state index contributed by atoms with van der Waals surface area (Å²) >= 11 is 0. The van der Waals surface area contributed by atoms with Gasteiger partial charge in [-0.05, 0) is 73.4 Å². The van der Waals surface area contributed by atoms with E-state index in [1.165, 1.54) is 36.4 Å². The van der Waals surface area contributed by atoms with E-state index in [1.807, 2.05) is 6.92 Å². The first-order chi connectivity index (χ1) is 17.4. The lowest BCUT2D eigenvalue weighted by atomic mass is 9.86. The number of fused-ring (bicyclic) bond motifs is 1. The Hall–Kier alpha value is -2.87. The molecule has 2 aliphatic heterocycles.